The molecule has 2 aromatic rings. The van der Waals surface area contributed by atoms with Crippen molar-refractivity contribution in [2.75, 3.05) is 19.6 Å². The molecule has 132 valence electrons. The summed E-state index contributed by atoms with van der Waals surface area (Å²) in [6.45, 7) is 5.47. The Morgan fingerprint density at radius 3 is 2.64 bits per heavy atom. The van der Waals surface area contributed by atoms with Gasteiger partial charge in [0.25, 0.3) is 5.89 Å². The first kappa shape index (κ1) is 17.1. The Labute approximate surface area is 146 Å². The van der Waals surface area contributed by atoms with Gasteiger partial charge in [-0.15, -0.1) is 0 Å². The van der Waals surface area contributed by atoms with Crippen LogP contribution in [-0.4, -0.2) is 57.4 Å². The van der Waals surface area contributed by atoms with Gasteiger partial charge in [-0.1, -0.05) is 30.3 Å². The molecule has 2 heterocycles. The summed E-state index contributed by atoms with van der Waals surface area (Å²) in [4.78, 5) is 32.3. The van der Waals surface area contributed by atoms with Gasteiger partial charge in [0.2, 0.25) is 11.8 Å². The summed E-state index contributed by atoms with van der Waals surface area (Å²) in [5.74, 6) is 0.875. The van der Waals surface area contributed by atoms with Gasteiger partial charge in [0.15, 0.2) is 5.82 Å². The number of aromatic nitrogens is 2. The Hall–Kier alpha value is -2.70. The van der Waals surface area contributed by atoms with E-state index in [0.717, 1.165) is 5.56 Å². The van der Waals surface area contributed by atoms with Gasteiger partial charge in [-0.2, -0.15) is 4.98 Å². The summed E-state index contributed by atoms with van der Waals surface area (Å²) in [6, 6.07) is 9.48. The van der Waals surface area contributed by atoms with Gasteiger partial charge in [-0.3, -0.25) is 9.59 Å². The normalized spacial score (nSPS) is 17.6. The lowest BCUT2D eigenvalue weighted by atomic mass is 10.1. The Kier molecular flexibility index (Phi) is 5.11. The fraction of sp³-hybridized carbons (Fsp3) is 0.444. The largest absolute Gasteiger partial charge is 0.338 e. The molecule has 7 heteroatoms. The summed E-state index contributed by atoms with van der Waals surface area (Å²) in [5, 5.41) is 3.90. The number of nitrogens with zero attached hydrogens (tertiary/aromatic N) is 4. The van der Waals surface area contributed by atoms with Gasteiger partial charge >= 0.3 is 0 Å². The van der Waals surface area contributed by atoms with Crippen molar-refractivity contribution in [3.8, 4) is 11.5 Å². The van der Waals surface area contributed by atoms with E-state index in [0.29, 0.717) is 37.8 Å². The molecule has 0 aliphatic carbocycles. The third-order valence-corrected chi connectivity index (χ3v) is 4.40. The molecule has 0 bridgehead atoms. The second kappa shape index (κ2) is 7.46. The van der Waals surface area contributed by atoms with E-state index in [9.17, 15) is 9.59 Å². The first-order valence-corrected chi connectivity index (χ1v) is 8.53. The summed E-state index contributed by atoms with van der Waals surface area (Å²) in [5.41, 5.74) is 0.828. The number of carbonyl (C=O) groups is 2. The minimum Gasteiger partial charge on any atom is -0.338 e. The third-order valence-electron chi connectivity index (χ3n) is 4.40. The highest BCUT2D eigenvalue weighted by Gasteiger charge is 2.29. The van der Waals surface area contributed by atoms with Crippen LogP contribution in [0.5, 0.6) is 0 Å². The molecule has 1 aliphatic heterocycles. The molecular weight excluding hydrogens is 320 g/mol. The van der Waals surface area contributed by atoms with Gasteiger partial charge in [-0.25, -0.2) is 0 Å². The Morgan fingerprint density at radius 2 is 1.96 bits per heavy atom. The minimum absolute atomic E-state index is 0.0234. The van der Waals surface area contributed by atoms with Crippen LogP contribution in [0.4, 0.5) is 0 Å². The molecule has 1 atom stereocenters. The Bertz CT molecular complexity index is 744. The Morgan fingerprint density at radius 1 is 1.20 bits per heavy atom. The van der Waals surface area contributed by atoms with Crippen LogP contribution >= 0.6 is 0 Å². The van der Waals surface area contributed by atoms with Crippen LogP contribution in [-0.2, 0) is 16.0 Å². The van der Waals surface area contributed by atoms with E-state index >= 15 is 0 Å². The second-order valence-corrected chi connectivity index (χ2v) is 6.19. The highest BCUT2D eigenvalue weighted by molar-refractivity contribution is 5.79. The highest BCUT2D eigenvalue weighted by Crippen LogP contribution is 2.17. The molecule has 0 unspecified atom stereocenters. The van der Waals surface area contributed by atoms with E-state index in [1.165, 1.54) is 0 Å². The van der Waals surface area contributed by atoms with Crippen LogP contribution < -0.4 is 0 Å². The van der Waals surface area contributed by atoms with E-state index in [1.54, 1.807) is 4.90 Å². The van der Waals surface area contributed by atoms with Gasteiger partial charge in [0.05, 0.1) is 6.42 Å². The molecule has 2 amide bonds. The molecule has 7 nitrogen and oxygen atoms in total. The number of hydrogen-bond acceptors (Lipinski definition) is 5. The molecule has 0 N–H and O–H groups in total. The zero-order valence-corrected chi connectivity index (χ0v) is 14.5. The third kappa shape index (κ3) is 3.87. The lowest BCUT2D eigenvalue weighted by molar-refractivity contribution is -0.142. The van der Waals surface area contributed by atoms with Crippen molar-refractivity contribution in [3.63, 3.8) is 0 Å². The van der Waals surface area contributed by atoms with Gasteiger partial charge in [0.1, 0.15) is 0 Å². The number of benzene rings is 1. The number of piperazine rings is 1. The number of carbonyl (C=O) groups excluding carboxylic acids is 2. The van der Waals surface area contributed by atoms with Crippen LogP contribution in [0.1, 0.15) is 26.1 Å². The van der Waals surface area contributed by atoms with Crippen LogP contribution in [0.25, 0.3) is 11.5 Å². The number of hydrogen-bond donors (Lipinski definition) is 0. The zero-order chi connectivity index (χ0) is 17.8. The van der Waals surface area contributed by atoms with E-state index < -0.39 is 0 Å². The molecule has 3 rings (SSSR count). The van der Waals surface area contributed by atoms with Crippen molar-refractivity contribution in [2.24, 2.45) is 0 Å². The maximum absolute atomic E-state index is 12.5. The van der Waals surface area contributed by atoms with Crippen LogP contribution in [0.2, 0.25) is 0 Å². The molecule has 1 fully saturated rings. The van der Waals surface area contributed by atoms with Gasteiger partial charge in [0, 0.05) is 37.7 Å². The molecule has 1 aliphatic rings. The fourth-order valence-electron chi connectivity index (χ4n) is 3.03. The van der Waals surface area contributed by atoms with Gasteiger partial charge < -0.3 is 14.3 Å². The van der Waals surface area contributed by atoms with E-state index in [2.05, 4.69) is 10.1 Å². The SMILES string of the molecule is CCC(=O)N1CCN(C(=O)Cc2noc(-c3ccccc3)n2)C[C@@H]1C. The maximum atomic E-state index is 12.5. The first-order chi connectivity index (χ1) is 12.1. The lowest BCUT2D eigenvalue weighted by Crippen LogP contribution is -2.55. The van der Waals surface area contributed by atoms with Crippen molar-refractivity contribution < 1.29 is 14.1 Å². The topological polar surface area (TPSA) is 79.5 Å². The molecule has 0 radical (unpaired) electrons. The summed E-state index contributed by atoms with van der Waals surface area (Å²) < 4.78 is 5.24. The van der Waals surface area contributed by atoms with Crippen molar-refractivity contribution >= 4 is 11.8 Å². The fourth-order valence-corrected chi connectivity index (χ4v) is 3.03. The minimum atomic E-state index is -0.0455. The predicted octanol–water partition coefficient (Wildman–Crippen LogP) is 1.75. The van der Waals surface area contributed by atoms with Crippen molar-refractivity contribution in [3.05, 3.63) is 36.2 Å². The highest BCUT2D eigenvalue weighted by atomic mass is 16.5. The first-order valence-electron chi connectivity index (χ1n) is 8.53. The average Bonchev–Trinajstić information content (AvgIpc) is 3.10. The summed E-state index contributed by atoms with van der Waals surface area (Å²) in [6.07, 6.45) is 0.591. The smallest absolute Gasteiger partial charge is 0.257 e. The standard InChI is InChI=1S/C18H22N4O3/c1-3-16(23)22-10-9-21(12-13(22)2)17(24)11-15-19-18(25-20-15)14-7-5-4-6-8-14/h4-8,13H,3,9-12H2,1-2H3/t13-/m0/s1. The molecule has 1 aromatic carbocycles. The zero-order valence-electron chi connectivity index (χ0n) is 14.5. The van der Waals surface area contributed by atoms with Gasteiger partial charge in [-0.05, 0) is 19.1 Å². The number of amides is 2. The molecule has 1 aromatic heterocycles. The Balaban J connectivity index is 1.60. The van der Waals surface area contributed by atoms with Crippen molar-refractivity contribution in [1.29, 1.82) is 0 Å². The van der Waals surface area contributed by atoms with Crippen LogP contribution in [0, 0.1) is 0 Å². The predicted molar refractivity (Wildman–Crippen MR) is 91.5 cm³/mol. The van der Waals surface area contributed by atoms with Crippen LogP contribution in [0.15, 0.2) is 34.9 Å². The summed E-state index contributed by atoms with van der Waals surface area (Å²) >= 11 is 0. The second-order valence-electron chi connectivity index (χ2n) is 6.19. The monoisotopic (exact) mass is 342 g/mol. The molecule has 1 saturated heterocycles. The van der Waals surface area contributed by atoms with Crippen LogP contribution in [0.3, 0.4) is 0 Å². The summed E-state index contributed by atoms with van der Waals surface area (Å²) in [7, 11) is 0. The maximum Gasteiger partial charge on any atom is 0.257 e. The van der Waals surface area contributed by atoms with E-state index in [-0.39, 0.29) is 24.3 Å². The number of rotatable bonds is 4. The van der Waals surface area contributed by atoms with Crippen molar-refractivity contribution in [1.82, 2.24) is 19.9 Å². The lowest BCUT2D eigenvalue weighted by Gasteiger charge is -2.39. The molecule has 0 spiro atoms. The van der Waals surface area contributed by atoms with Crippen molar-refractivity contribution in [2.45, 2.75) is 32.7 Å². The quantitative estimate of drug-likeness (QED) is 0.846. The molecular formula is C18H22N4O3. The molecule has 25 heavy (non-hydrogen) atoms. The molecule has 0 saturated carbocycles. The average molecular weight is 342 g/mol. The van der Waals surface area contributed by atoms with E-state index in [1.807, 2.05) is 49.1 Å². The van der Waals surface area contributed by atoms with E-state index in [4.69, 9.17) is 4.52 Å².